The van der Waals surface area contributed by atoms with Crippen molar-refractivity contribution in [2.75, 3.05) is 6.54 Å². The Bertz CT molecular complexity index is 488. The molecule has 0 bridgehead atoms. The summed E-state index contributed by atoms with van der Waals surface area (Å²) in [6, 6.07) is 9.18. The van der Waals surface area contributed by atoms with E-state index in [0.29, 0.717) is 6.04 Å². The van der Waals surface area contributed by atoms with Gasteiger partial charge < -0.3 is 5.73 Å². The van der Waals surface area contributed by atoms with Crippen LogP contribution in [0.25, 0.3) is 0 Å². The zero-order valence-electron chi connectivity index (χ0n) is 11.8. The highest BCUT2D eigenvalue weighted by molar-refractivity contribution is 7.12. The van der Waals surface area contributed by atoms with Gasteiger partial charge in [0.05, 0.1) is 6.04 Å². The molecule has 2 aromatic heterocycles. The second kappa shape index (κ2) is 6.66. The van der Waals surface area contributed by atoms with E-state index in [9.17, 15) is 0 Å². The lowest BCUT2D eigenvalue weighted by Gasteiger charge is -2.32. The molecule has 2 rings (SSSR count). The summed E-state index contributed by atoms with van der Waals surface area (Å²) in [5.41, 5.74) is 6.25. The highest BCUT2D eigenvalue weighted by atomic mass is 32.1. The molecule has 0 aliphatic carbocycles. The molecule has 19 heavy (non-hydrogen) atoms. The molecule has 0 spiro atoms. The third-order valence-corrected chi connectivity index (χ3v) is 5.22. The van der Waals surface area contributed by atoms with Crippen molar-refractivity contribution in [3.05, 3.63) is 44.3 Å². The maximum Gasteiger partial charge on any atom is 0.0593 e. The van der Waals surface area contributed by atoms with Crippen LogP contribution in [0.5, 0.6) is 0 Å². The SMILES string of the molecule is CCN(Cc1cccs1)C(c1ccc(C)s1)C(C)N. The minimum atomic E-state index is 0.137. The van der Waals surface area contributed by atoms with Gasteiger partial charge in [-0.25, -0.2) is 0 Å². The number of hydrogen-bond donors (Lipinski definition) is 1. The fourth-order valence-corrected chi connectivity index (χ4v) is 4.25. The molecule has 0 aliphatic heterocycles. The number of hydrogen-bond acceptors (Lipinski definition) is 4. The second-order valence-electron chi connectivity index (χ2n) is 4.89. The van der Waals surface area contributed by atoms with E-state index < -0.39 is 0 Å². The molecule has 0 radical (unpaired) electrons. The van der Waals surface area contributed by atoms with Gasteiger partial charge in [0.25, 0.3) is 0 Å². The van der Waals surface area contributed by atoms with Gasteiger partial charge >= 0.3 is 0 Å². The lowest BCUT2D eigenvalue weighted by molar-refractivity contribution is 0.181. The van der Waals surface area contributed by atoms with Crippen LogP contribution in [-0.4, -0.2) is 17.5 Å². The van der Waals surface area contributed by atoms with E-state index in [4.69, 9.17) is 5.73 Å². The molecule has 0 saturated carbocycles. The van der Waals surface area contributed by atoms with Crippen LogP contribution in [0.15, 0.2) is 29.6 Å². The van der Waals surface area contributed by atoms with Crippen LogP contribution >= 0.6 is 22.7 Å². The number of thiophene rings is 2. The summed E-state index contributed by atoms with van der Waals surface area (Å²) in [5, 5.41) is 2.14. The first-order chi connectivity index (χ1) is 9.11. The van der Waals surface area contributed by atoms with Crippen LogP contribution in [-0.2, 0) is 6.54 Å². The Labute approximate surface area is 123 Å². The van der Waals surface area contributed by atoms with Gasteiger partial charge in [-0.2, -0.15) is 0 Å². The highest BCUT2D eigenvalue weighted by Crippen LogP contribution is 2.31. The highest BCUT2D eigenvalue weighted by Gasteiger charge is 2.24. The molecule has 2 atom stereocenters. The van der Waals surface area contributed by atoms with Gasteiger partial charge in [0.2, 0.25) is 0 Å². The average molecular weight is 294 g/mol. The van der Waals surface area contributed by atoms with E-state index in [0.717, 1.165) is 13.1 Å². The molecule has 2 nitrogen and oxygen atoms in total. The van der Waals surface area contributed by atoms with Gasteiger partial charge in [-0.1, -0.05) is 13.0 Å². The summed E-state index contributed by atoms with van der Waals surface area (Å²) >= 11 is 3.68. The van der Waals surface area contributed by atoms with Gasteiger partial charge in [-0.3, -0.25) is 4.90 Å². The van der Waals surface area contributed by atoms with Crippen LogP contribution in [0.3, 0.4) is 0 Å². The molecule has 104 valence electrons. The zero-order chi connectivity index (χ0) is 13.8. The van der Waals surface area contributed by atoms with Crippen molar-refractivity contribution in [1.82, 2.24) is 4.90 Å². The van der Waals surface area contributed by atoms with E-state index in [1.54, 1.807) is 0 Å². The topological polar surface area (TPSA) is 29.3 Å². The fourth-order valence-electron chi connectivity index (χ4n) is 2.39. The Kier molecular flexibility index (Phi) is 5.16. The number of likely N-dealkylation sites (N-methyl/N-ethyl adjacent to an activating group) is 1. The normalized spacial score (nSPS) is 14.8. The number of aryl methyl sites for hydroxylation is 1. The molecule has 0 saturated heterocycles. The van der Waals surface area contributed by atoms with Gasteiger partial charge in [-0.15, -0.1) is 22.7 Å². The molecule has 2 heterocycles. The molecule has 2 N–H and O–H groups in total. The predicted molar refractivity (Wildman–Crippen MR) is 85.8 cm³/mol. The van der Waals surface area contributed by atoms with Gasteiger partial charge in [-0.05, 0) is 44.0 Å². The van der Waals surface area contributed by atoms with Crippen molar-refractivity contribution in [2.45, 2.75) is 39.4 Å². The van der Waals surface area contributed by atoms with Crippen LogP contribution in [0.1, 0.15) is 34.5 Å². The van der Waals surface area contributed by atoms with Gasteiger partial charge in [0.15, 0.2) is 0 Å². The molecule has 0 amide bonds. The van der Waals surface area contributed by atoms with Crippen LogP contribution < -0.4 is 5.73 Å². The third-order valence-electron chi connectivity index (χ3n) is 3.29. The summed E-state index contributed by atoms with van der Waals surface area (Å²) in [5.74, 6) is 0. The Morgan fingerprint density at radius 1 is 1.32 bits per heavy atom. The largest absolute Gasteiger partial charge is 0.326 e. The van der Waals surface area contributed by atoms with Gasteiger partial charge in [0.1, 0.15) is 0 Å². The second-order valence-corrected chi connectivity index (χ2v) is 7.25. The molecule has 0 aliphatic rings. The summed E-state index contributed by atoms with van der Waals surface area (Å²) in [6.45, 7) is 8.47. The Balaban J connectivity index is 2.21. The quantitative estimate of drug-likeness (QED) is 0.871. The molecule has 0 aromatic carbocycles. The first-order valence-electron chi connectivity index (χ1n) is 6.70. The van der Waals surface area contributed by atoms with Crippen molar-refractivity contribution in [1.29, 1.82) is 0 Å². The van der Waals surface area contributed by atoms with Crippen LogP contribution in [0.4, 0.5) is 0 Å². The molecule has 4 heteroatoms. The van der Waals surface area contributed by atoms with Crippen molar-refractivity contribution in [3.8, 4) is 0 Å². The lowest BCUT2D eigenvalue weighted by Crippen LogP contribution is -2.38. The molecular weight excluding hydrogens is 272 g/mol. The smallest absolute Gasteiger partial charge is 0.0593 e. The van der Waals surface area contributed by atoms with Crippen molar-refractivity contribution >= 4 is 22.7 Å². The van der Waals surface area contributed by atoms with E-state index in [1.165, 1.54) is 14.6 Å². The standard InChI is InChI=1S/C15H22N2S2/c1-4-17(10-13-6-5-9-18-13)15(12(3)16)14-8-7-11(2)19-14/h5-9,12,15H,4,10,16H2,1-3H3. The first-order valence-corrected chi connectivity index (χ1v) is 8.39. The minimum Gasteiger partial charge on any atom is -0.326 e. The van der Waals surface area contributed by atoms with Crippen LogP contribution in [0, 0.1) is 6.92 Å². The van der Waals surface area contributed by atoms with Crippen molar-refractivity contribution in [3.63, 3.8) is 0 Å². The van der Waals surface area contributed by atoms with Crippen molar-refractivity contribution in [2.24, 2.45) is 5.73 Å². The lowest BCUT2D eigenvalue weighted by atomic mass is 10.1. The Morgan fingerprint density at radius 3 is 2.58 bits per heavy atom. The number of rotatable bonds is 6. The summed E-state index contributed by atoms with van der Waals surface area (Å²) < 4.78 is 0. The van der Waals surface area contributed by atoms with Crippen molar-refractivity contribution < 1.29 is 0 Å². The predicted octanol–water partition coefficient (Wildman–Crippen LogP) is 4.03. The maximum absolute atomic E-state index is 6.25. The van der Waals surface area contributed by atoms with E-state index >= 15 is 0 Å². The third kappa shape index (κ3) is 3.66. The Morgan fingerprint density at radius 2 is 2.11 bits per heavy atom. The molecular formula is C15H22N2S2. The van der Waals surface area contributed by atoms with Crippen LogP contribution in [0.2, 0.25) is 0 Å². The van der Waals surface area contributed by atoms with Gasteiger partial charge in [0, 0.05) is 27.2 Å². The fraction of sp³-hybridized carbons (Fsp3) is 0.467. The maximum atomic E-state index is 6.25. The van der Waals surface area contributed by atoms with E-state index in [2.05, 4.69) is 55.3 Å². The molecule has 2 aromatic rings. The zero-order valence-corrected chi connectivity index (χ0v) is 13.4. The summed E-state index contributed by atoms with van der Waals surface area (Å²) in [7, 11) is 0. The molecule has 2 unspecified atom stereocenters. The average Bonchev–Trinajstić information content (AvgIpc) is 3.00. The Hall–Kier alpha value is -0.680. The van der Waals surface area contributed by atoms with E-state index in [1.807, 2.05) is 22.7 Å². The summed E-state index contributed by atoms with van der Waals surface area (Å²) in [6.07, 6.45) is 0. The monoisotopic (exact) mass is 294 g/mol. The number of nitrogens with two attached hydrogens (primary N) is 1. The first kappa shape index (κ1) is 14.7. The number of nitrogens with zero attached hydrogens (tertiary/aromatic N) is 1. The molecule has 0 fully saturated rings. The minimum absolute atomic E-state index is 0.137. The summed E-state index contributed by atoms with van der Waals surface area (Å²) in [4.78, 5) is 6.61. The van der Waals surface area contributed by atoms with E-state index in [-0.39, 0.29) is 6.04 Å².